The Hall–Kier alpha value is -1.46. The van der Waals surface area contributed by atoms with Crippen LogP contribution in [0.3, 0.4) is 0 Å². The Kier molecular flexibility index (Phi) is 3.95. The molecule has 0 amide bonds. The molecule has 0 spiro atoms. The number of hydrogen-bond donors (Lipinski definition) is 1. The van der Waals surface area contributed by atoms with Crippen molar-refractivity contribution in [3.8, 4) is 0 Å². The highest BCUT2D eigenvalue weighted by Crippen LogP contribution is 2.23. The number of rotatable bonds is 3. The Balaban J connectivity index is 1.97. The molecule has 0 aliphatic carbocycles. The number of imidazole rings is 1. The molecule has 1 N–H and O–H groups in total. The third-order valence-corrected chi connectivity index (χ3v) is 4.61. The zero-order valence-electron chi connectivity index (χ0n) is 11.5. The van der Waals surface area contributed by atoms with Gasteiger partial charge in [-0.15, -0.1) is 0 Å². The third-order valence-electron chi connectivity index (χ3n) is 3.68. The van der Waals surface area contributed by atoms with E-state index in [1.807, 2.05) is 16.7 Å². The van der Waals surface area contributed by atoms with E-state index in [2.05, 4.69) is 40.0 Å². The van der Waals surface area contributed by atoms with Gasteiger partial charge in [0, 0.05) is 12.6 Å². The second kappa shape index (κ2) is 5.73. The van der Waals surface area contributed by atoms with Gasteiger partial charge in [0.2, 0.25) is 0 Å². The SMILES string of the molecule is Cc1ccccc1CCn1c(=S)[nH]c2cc(Br)c(F)cc21. The highest BCUT2D eigenvalue weighted by atomic mass is 79.9. The maximum atomic E-state index is 13.8. The summed E-state index contributed by atoms with van der Waals surface area (Å²) in [5.74, 6) is -0.277. The second-order valence-electron chi connectivity index (χ2n) is 5.04. The Bertz CT molecular complexity index is 866. The van der Waals surface area contributed by atoms with Gasteiger partial charge >= 0.3 is 0 Å². The minimum atomic E-state index is -0.277. The molecule has 0 saturated heterocycles. The molecule has 5 heteroatoms. The molecule has 0 fully saturated rings. The van der Waals surface area contributed by atoms with E-state index in [-0.39, 0.29) is 5.82 Å². The number of fused-ring (bicyclic) bond motifs is 1. The average molecular weight is 365 g/mol. The van der Waals surface area contributed by atoms with Gasteiger partial charge in [0.15, 0.2) is 4.77 Å². The molecule has 3 rings (SSSR count). The highest BCUT2D eigenvalue weighted by molar-refractivity contribution is 9.10. The fourth-order valence-electron chi connectivity index (χ4n) is 2.50. The van der Waals surface area contributed by atoms with Crippen LogP contribution in [0.25, 0.3) is 11.0 Å². The highest BCUT2D eigenvalue weighted by Gasteiger charge is 2.09. The number of nitrogens with zero attached hydrogens (tertiary/aromatic N) is 1. The number of aromatic amines is 1. The lowest BCUT2D eigenvalue weighted by Gasteiger charge is -2.07. The van der Waals surface area contributed by atoms with E-state index in [0.717, 1.165) is 24.0 Å². The molecule has 0 radical (unpaired) electrons. The quantitative estimate of drug-likeness (QED) is 0.637. The number of hydrogen-bond acceptors (Lipinski definition) is 1. The summed E-state index contributed by atoms with van der Waals surface area (Å²) < 4.78 is 16.8. The monoisotopic (exact) mass is 364 g/mol. The molecule has 1 aromatic heterocycles. The normalized spacial score (nSPS) is 11.2. The minimum absolute atomic E-state index is 0.277. The molecule has 21 heavy (non-hydrogen) atoms. The van der Waals surface area contributed by atoms with Crippen LogP contribution in [0, 0.1) is 17.5 Å². The lowest BCUT2D eigenvalue weighted by molar-refractivity contribution is 0.620. The fourth-order valence-corrected chi connectivity index (χ4v) is 3.14. The maximum Gasteiger partial charge on any atom is 0.178 e. The number of aromatic nitrogens is 2. The summed E-state index contributed by atoms with van der Waals surface area (Å²) in [6.07, 6.45) is 0.867. The molecule has 2 aromatic carbocycles. The van der Waals surface area contributed by atoms with Crippen LogP contribution in [0.1, 0.15) is 11.1 Å². The van der Waals surface area contributed by atoms with Crippen LogP contribution in [0.5, 0.6) is 0 Å². The molecule has 2 nitrogen and oxygen atoms in total. The van der Waals surface area contributed by atoms with Crippen LogP contribution in [-0.4, -0.2) is 9.55 Å². The minimum Gasteiger partial charge on any atom is -0.331 e. The van der Waals surface area contributed by atoms with Crippen LogP contribution in [-0.2, 0) is 13.0 Å². The number of aryl methyl sites for hydroxylation is 3. The molecule has 0 aliphatic heterocycles. The lowest BCUT2D eigenvalue weighted by Crippen LogP contribution is -2.02. The van der Waals surface area contributed by atoms with Crippen molar-refractivity contribution < 1.29 is 4.39 Å². The van der Waals surface area contributed by atoms with Crippen molar-refractivity contribution in [2.24, 2.45) is 0 Å². The molecule has 108 valence electrons. The van der Waals surface area contributed by atoms with E-state index >= 15 is 0 Å². The first-order chi connectivity index (χ1) is 10.1. The number of nitrogens with one attached hydrogen (secondary N) is 1. The van der Waals surface area contributed by atoms with Crippen molar-refractivity contribution in [2.45, 2.75) is 19.9 Å². The van der Waals surface area contributed by atoms with E-state index in [0.29, 0.717) is 9.24 Å². The van der Waals surface area contributed by atoms with Crippen molar-refractivity contribution in [3.63, 3.8) is 0 Å². The molecular formula is C16H14BrFN2S. The summed E-state index contributed by atoms with van der Waals surface area (Å²) in [5, 5.41) is 0. The van der Waals surface area contributed by atoms with Crippen molar-refractivity contribution in [2.75, 3.05) is 0 Å². The first-order valence-corrected chi connectivity index (χ1v) is 7.88. The summed E-state index contributed by atoms with van der Waals surface area (Å²) >= 11 is 8.55. The Morgan fingerprint density at radius 2 is 2.05 bits per heavy atom. The lowest BCUT2D eigenvalue weighted by atomic mass is 10.1. The zero-order valence-corrected chi connectivity index (χ0v) is 13.9. The molecule has 3 aromatic rings. The first kappa shape index (κ1) is 14.5. The topological polar surface area (TPSA) is 20.7 Å². The van der Waals surface area contributed by atoms with E-state index in [1.165, 1.54) is 17.2 Å². The molecule has 1 heterocycles. The van der Waals surface area contributed by atoms with Gasteiger partial charge in [0.25, 0.3) is 0 Å². The third kappa shape index (κ3) is 2.80. The van der Waals surface area contributed by atoms with E-state index < -0.39 is 0 Å². The molecule has 0 aliphatic rings. The van der Waals surface area contributed by atoms with Gasteiger partial charge in [-0.3, -0.25) is 0 Å². The fraction of sp³-hybridized carbons (Fsp3) is 0.188. The standard InChI is InChI=1S/C16H14BrFN2S/c1-10-4-2-3-5-11(10)6-7-20-15-9-13(18)12(17)8-14(15)19-16(20)21/h2-5,8-9H,6-7H2,1H3,(H,19,21). The molecule has 0 unspecified atom stereocenters. The van der Waals surface area contributed by atoms with E-state index in [1.54, 1.807) is 6.07 Å². The molecule has 0 atom stereocenters. The van der Waals surface area contributed by atoms with Crippen molar-refractivity contribution >= 4 is 39.2 Å². The van der Waals surface area contributed by atoms with Gasteiger partial charge in [-0.1, -0.05) is 24.3 Å². The summed E-state index contributed by atoms with van der Waals surface area (Å²) in [4.78, 5) is 3.13. The summed E-state index contributed by atoms with van der Waals surface area (Å²) in [7, 11) is 0. The predicted molar refractivity (Wildman–Crippen MR) is 89.7 cm³/mol. The van der Waals surface area contributed by atoms with Crippen LogP contribution in [0.2, 0.25) is 0 Å². The van der Waals surface area contributed by atoms with Crippen molar-refractivity contribution in [1.82, 2.24) is 9.55 Å². The molecule has 0 bridgehead atoms. The van der Waals surface area contributed by atoms with Crippen LogP contribution in [0.4, 0.5) is 4.39 Å². The maximum absolute atomic E-state index is 13.8. The largest absolute Gasteiger partial charge is 0.331 e. The van der Waals surface area contributed by atoms with Crippen LogP contribution >= 0.6 is 28.1 Å². The average Bonchev–Trinajstić information content (AvgIpc) is 2.74. The molecular weight excluding hydrogens is 351 g/mol. The second-order valence-corrected chi connectivity index (χ2v) is 6.28. The Labute approximate surface area is 135 Å². The number of benzene rings is 2. The van der Waals surface area contributed by atoms with E-state index in [9.17, 15) is 4.39 Å². The van der Waals surface area contributed by atoms with Gasteiger partial charge in [-0.25, -0.2) is 4.39 Å². The Morgan fingerprint density at radius 1 is 1.29 bits per heavy atom. The summed E-state index contributed by atoms with van der Waals surface area (Å²) in [6, 6.07) is 11.5. The van der Waals surface area contributed by atoms with Gasteiger partial charge in [0.05, 0.1) is 15.5 Å². The van der Waals surface area contributed by atoms with Gasteiger partial charge in [0.1, 0.15) is 5.82 Å². The smallest absolute Gasteiger partial charge is 0.178 e. The Morgan fingerprint density at radius 3 is 2.81 bits per heavy atom. The summed E-state index contributed by atoms with van der Waals surface area (Å²) in [5.41, 5.74) is 4.19. The predicted octanol–water partition coefficient (Wildman–Crippen LogP) is 5.15. The zero-order chi connectivity index (χ0) is 15.0. The van der Waals surface area contributed by atoms with Gasteiger partial charge in [-0.2, -0.15) is 0 Å². The van der Waals surface area contributed by atoms with Gasteiger partial charge < -0.3 is 9.55 Å². The number of halogens is 2. The van der Waals surface area contributed by atoms with Crippen molar-refractivity contribution in [3.05, 3.63) is 62.6 Å². The van der Waals surface area contributed by atoms with Crippen molar-refractivity contribution in [1.29, 1.82) is 0 Å². The van der Waals surface area contributed by atoms with Crippen LogP contribution in [0.15, 0.2) is 40.9 Å². The first-order valence-electron chi connectivity index (χ1n) is 6.68. The summed E-state index contributed by atoms with van der Waals surface area (Å²) in [6.45, 7) is 2.82. The van der Waals surface area contributed by atoms with Gasteiger partial charge in [-0.05, 0) is 58.7 Å². The number of H-pyrrole nitrogens is 1. The molecule has 0 saturated carbocycles. The van der Waals surface area contributed by atoms with E-state index in [4.69, 9.17) is 12.2 Å². The van der Waals surface area contributed by atoms with Crippen LogP contribution < -0.4 is 0 Å².